The van der Waals surface area contributed by atoms with Gasteiger partial charge < -0.3 is 33.5 Å². The summed E-state index contributed by atoms with van der Waals surface area (Å²) in [6.07, 6.45) is -3.71. The monoisotopic (exact) mass is 588 g/mol. The fourth-order valence-corrected chi connectivity index (χ4v) is 5.45. The van der Waals surface area contributed by atoms with Gasteiger partial charge in [0.05, 0.1) is 27.4 Å². The van der Waals surface area contributed by atoms with E-state index in [1.807, 2.05) is 36.4 Å². The van der Waals surface area contributed by atoms with E-state index in [2.05, 4.69) is 0 Å². The first-order chi connectivity index (χ1) is 19.5. The Hall–Kier alpha value is -3.32. The number of thioether (sulfide) groups is 1. The van der Waals surface area contributed by atoms with Crippen LogP contribution in [0.3, 0.4) is 0 Å². The lowest BCUT2D eigenvalue weighted by atomic mass is 9.97. The molecule has 4 rings (SSSR count). The minimum absolute atomic E-state index is 0.114. The number of carboxylic acids is 1. The molecular formula is C29H36N2O9S. The standard InChI is InChI=1S/C29H36N2O9S/c1-29(2,3)40-28(34)31(4)27-30-21-22(37-15-17-7-11-19(35-5)12-8-17)23(24(25(32)33)39-26(21)41-27)38-16-18-9-13-20(36-6)14-10-18/h7-14,21-24,26H,15-16H2,1-6H3,(H,32,33)/t21-,22?,23?,24+,26-/m1/s1. The van der Waals surface area contributed by atoms with E-state index < -0.39 is 47.5 Å². The third kappa shape index (κ3) is 7.70. The molecule has 1 fully saturated rings. The van der Waals surface area contributed by atoms with Gasteiger partial charge in [0.25, 0.3) is 0 Å². The smallest absolute Gasteiger partial charge is 0.416 e. The third-order valence-corrected chi connectivity index (χ3v) is 7.61. The maximum absolute atomic E-state index is 12.7. The number of benzene rings is 2. The van der Waals surface area contributed by atoms with Gasteiger partial charge in [-0.25, -0.2) is 9.59 Å². The highest BCUT2D eigenvalue weighted by molar-refractivity contribution is 8.14. The highest BCUT2D eigenvalue weighted by Gasteiger charge is 2.54. The molecule has 5 atom stereocenters. The lowest BCUT2D eigenvalue weighted by Crippen LogP contribution is -2.59. The number of nitrogens with zero attached hydrogens (tertiary/aromatic N) is 2. The molecule has 2 aliphatic heterocycles. The number of ether oxygens (including phenoxy) is 6. The van der Waals surface area contributed by atoms with Crippen LogP contribution >= 0.6 is 11.8 Å². The molecule has 222 valence electrons. The summed E-state index contributed by atoms with van der Waals surface area (Å²) in [5, 5.41) is 10.5. The second-order valence-electron chi connectivity index (χ2n) is 10.6. The van der Waals surface area contributed by atoms with Gasteiger partial charge in [-0.3, -0.25) is 9.89 Å². The Bertz CT molecular complexity index is 1230. The maximum Gasteiger partial charge on any atom is 0.416 e. The van der Waals surface area contributed by atoms with Crippen molar-refractivity contribution in [1.29, 1.82) is 0 Å². The number of hydrogen-bond donors (Lipinski definition) is 1. The number of hydrogen-bond acceptors (Lipinski definition) is 10. The second kappa shape index (κ2) is 13.1. The SMILES string of the molecule is COc1ccc(COC2C(OCc3ccc(OC)cc3)[C@H]3N=C(N(C)C(=O)OC(C)(C)C)S[C@H]3O[C@@H]2C(=O)O)cc1. The van der Waals surface area contributed by atoms with Crippen molar-refractivity contribution in [2.45, 2.75) is 69.4 Å². The molecule has 1 saturated heterocycles. The minimum atomic E-state index is -1.33. The molecule has 11 nitrogen and oxygen atoms in total. The zero-order valence-corrected chi connectivity index (χ0v) is 24.8. The normalized spacial score (nSPS) is 23.8. The molecule has 2 aromatic carbocycles. The molecule has 0 bridgehead atoms. The summed E-state index contributed by atoms with van der Waals surface area (Å²) in [5.74, 6) is 0.217. The summed E-state index contributed by atoms with van der Waals surface area (Å²) in [7, 11) is 4.72. The van der Waals surface area contributed by atoms with Gasteiger partial charge in [0.2, 0.25) is 0 Å². The van der Waals surface area contributed by atoms with Crippen molar-refractivity contribution < 1.29 is 43.1 Å². The summed E-state index contributed by atoms with van der Waals surface area (Å²) in [5.41, 5.74) is 0.269. The van der Waals surface area contributed by atoms with Crippen LogP contribution < -0.4 is 9.47 Å². The first-order valence-corrected chi connectivity index (χ1v) is 14.0. The second-order valence-corrected chi connectivity index (χ2v) is 11.6. The van der Waals surface area contributed by atoms with Crippen molar-refractivity contribution >= 4 is 29.0 Å². The molecule has 41 heavy (non-hydrogen) atoms. The van der Waals surface area contributed by atoms with Crippen LogP contribution in [0.1, 0.15) is 31.9 Å². The molecular weight excluding hydrogens is 552 g/mol. The lowest BCUT2D eigenvalue weighted by molar-refractivity contribution is -0.209. The number of rotatable bonds is 9. The quantitative estimate of drug-likeness (QED) is 0.453. The van der Waals surface area contributed by atoms with Crippen molar-refractivity contribution in [1.82, 2.24) is 4.90 Å². The highest BCUT2D eigenvalue weighted by atomic mass is 32.2. The number of fused-ring (bicyclic) bond motifs is 1. The van der Waals surface area contributed by atoms with E-state index in [0.717, 1.165) is 22.9 Å². The molecule has 0 radical (unpaired) electrons. The minimum Gasteiger partial charge on any atom is -0.497 e. The topological polar surface area (TPSA) is 125 Å². The molecule has 1 amide bonds. The summed E-state index contributed by atoms with van der Waals surface area (Å²) in [4.78, 5) is 31.2. The Labute approximate surface area is 243 Å². The van der Waals surface area contributed by atoms with Crippen molar-refractivity contribution in [3.05, 3.63) is 59.7 Å². The van der Waals surface area contributed by atoms with Gasteiger partial charge in [-0.05, 0) is 56.2 Å². The molecule has 0 saturated carbocycles. The van der Waals surface area contributed by atoms with Gasteiger partial charge in [0.15, 0.2) is 11.3 Å². The van der Waals surface area contributed by atoms with Crippen molar-refractivity contribution in [2.75, 3.05) is 21.3 Å². The number of amides is 1. The predicted molar refractivity (Wildman–Crippen MR) is 152 cm³/mol. The van der Waals surface area contributed by atoms with Gasteiger partial charge in [0, 0.05) is 7.05 Å². The van der Waals surface area contributed by atoms with Crippen LogP contribution in [0, 0.1) is 0 Å². The molecule has 2 heterocycles. The number of aliphatic carboxylic acids is 1. The number of methoxy groups -OCH3 is 2. The largest absolute Gasteiger partial charge is 0.497 e. The van der Waals surface area contributed by atoms with E-state index in [-0.39, 0.29) is 13.2 Å². The van der Waals surface area contributed by atoms with E-state index in [0.29, 0.717) is 16.7 Å². The number of carbonyl (C=O) groups excluding carboxylic acids is 1. The van der Waals surface area contributed by atoms with Gasteiger partial charge in [-0.15, -0.1) is 0 Å². The van der Waals surface area contributed by atoms with Crippen LogP contribution in [0.5, 0.6) is 11.5 Å². The Kier molecular flexibility index (Phi) is 9.80. The van der Waals surface area contributed by atoms with Crippen LogP contribution in [-0.2, 0) is 37.0 Å². The van der Waals surface area contributed by atoms with E-state index >= 15 is 0 Å². The van der Waals surface area contributed by atoms with E-state index in [9.17, 15) is 14.7 Å². The first kappa shape index (κ1) is 30.6. The summed E-state index contributed by atoms with van der Waals surface area (Å²) < 4.78 is 34.5. The average Bonchev–Trinajstić information content (AvgIpc) is 3.38. The Balaban J connectivity index is 1.60. The summed E-state index contributed by atoms with van der Waals surface area (Å²) >= 11 is 1.15. The lowest BCUT2D eigenvalue weighted by Gasteiger charge is -2.41. The zero-order chi connectivity index (χ0) is 29.7. The van der Waals surface area contributed by atoms with E-state index in [4.69, 9.17) is 33.4 Å². The van der Waals surface area contributed by atoms with Crippen molar-refractivity contribution in [3.63, 3.8) is 0 Å². The Morgan fingerprint density at radius 2 is 1.44 bits per heavy atom. The molecule has 0 aromatic heterocycles. The molecule has 0 spiro atoms. The number of carbonyl (C=O) groups is 2. The van der Waals surface area contributed by atoms with Gasteiger partial charge in [-0.2, -0.15) is 0 Å². The summed E-state index contributed by atoms with van der Waals surface area (Å²) in [6.45, 7) is 5.61. The third-order valence-electron chi connectivity index (χ3n) is 6.40. The van der Waals surface area contributed by atoms with E-state index in [1.165, 1.54) is 4.90 Å². The van der Waals surface area contributed by atoms with Gasteiger partial charge in [0.1, 0.15) is 40.8 Å². The van der Waals surface area contributed by atoms with Crippen LogP contribution in [0.2, 0.25) is 0 Å². The van der Waals surface area contributed by atoms with Gasteiger partial charge >= 0.3 is 12.1 Å². The fraction of sp³-hybridized carbons (Fsp3) is 0.483. The molecule has 12 heteroatoms. The highest BCUT2D eigenvalue weighted by Crippen LogP contribution is 2.40. The number of carboxylic acid groups (broad SMARTS) is 1. The van der Waals surface area contributed by atoms with Crippen molar-refractivity contribution in [3.8, 4) is 11.5 Å². The first-order valence-electron chi connectivity index (χ1n) is 13.1. The van der Waals surface area contributed by atoms with E-state index in [1.54, 1.807) is 54.2 Å². The van der Waals surface area contributed by atoms with Crippen LogP contribution in [0.15, 0.2) is 53.5 Å². The van der Waals surface area contributed by atoms with Crippen LogP contribution in [0.4, 0.5) is 4.79 Å². The number of aliphatic imine (C=N–C) groups is 1. The number of amidine groups is 1. The van der Waals surface area contributed by atoms with Crippen molar-refractivity contribution in [2.24, 2.45) is 4.99 Å². The zero-order valence-electron chi connectivity index (χ0n) is 23.9. The molecule has 2 aromatic rings. The van der Waals surface area contributed by atoms with Crippen LogP contribution in [-0.4, -0.2) is 83.9 Å². The Morgan fingerprint density at radius 1 is 0.927 bits per heavy atom. The predicted octanol–water partition coefficient (Wildman–Crippen LogP) is 4.32. The molecule has 0 aliphatic carbocycles. The fourth-order valence-electron chi connectivity index (χ4n) is 4.29. The molecule has 2 aliphatic rings. The maximum atomic E-state index is 12.7. The van der Waals surface area contributed by atoms with Crippen LogP contribution in [0.25, 0.3) is 0 Å². The summed E-state index contributed by atoms with van der Waals surface area (Å²) in [6, 6.07) is 14.0. The Morgan fingerprint density at radius 3 is 1.90 bits per heavy atom. The molecule has 2 unspecified atom stereocenters. The average molecular weight is 589 g/mol. The molecule has 1 N–H and O–H groups in total. The van der Waals surface area contributed by atoms with Gasteiger partial charge in [-0.1, -0.05) is 36.0 Å².